The summed E-state index contributed by atoms with van der Waals surface area (Å²) in [5.41, 5.74) is 2.31. The molecule has 0 atom stereocenters. The predicted octanol–water partition coefficient (Wildman–Crippen LogP) is 3.50. The van der Waals surface area contributed by atoms with E-state index in [9.17, 15) is 14.3 Å². The second-order valence-electron chi connectivity index (χ2n) is 6.86. The van der Waals surface area contributed by atoms with Gasteiger partial charge in [0.2, 0.25) is 0 Å². The van der Waals surface area contributed by atoms with E-state index in [1.165, 1.54) is 6.07 Å². The average Bonchev–Trinajstić information content (AvgIpc) is 3.05. The van der Waals surface area contributed by atoms with Gasteiger partial charge in [0.25, 0.3) is 5.91 Å². The zero-order valence-corrected chi connectivity index (χ0v) is 14.3. The highest BCUT2D eigenvalue weighted by Crippen LogP contribution is 2.24. The smallest absolute Gasteiger partial charge is 0.289 e. The summed E-state index contributed by atoms with van der Waals surface area (Å²) in [5, 5.41) is 9.53. The summed E-state index contributed by atoms with van der Waals surface area (Å²) in [7, 11) is 0. The Hall–Kier alpha value is -2.89. The van der Waals surface area contributed by atoms with Gasteiger partial charge in [0.05, 0.1) is 11.0 Å². The summed E-state index contributed by atoms with van der Waals surface area (Å²) in [6.07, 6.45) is 2.62. The molecule has 0 bridgehead atoms. The summed E-state index contributed by atoms with van der Waals surface area (Å²) < 4.78 is 13.3. The molecule has 0 radical (unpaired) electrons. The van der Waals surface area contributed by atoms with E-state index in [0.717, 1.165) is 24.8 Å². The topological polar surface area (TPSA) is 69.2 Å². The van der Waals surface area contributed by atoms with E-state index in [4.69, 9.17) is 0 Å². The SMILES string of the molecule is O=C(c1nc2ccc(O)cc2[nH]1)N1CCC(Cc2cccc(F)c2)CC1. The first-order valence-corrected chi connectivity index (χ1v) is 8.81. The van der Waals surface area contributed by atoms with Crippen molar-refractivity contribution < 1.29 is 14.3 Å². The van der Waals surface area contributed by atoms with Crippen LogP contribution in [0.2, 0.25) is 0 Å². The number of imidazole rings is 1. The Bertz CT molecular complexity index is 945. The molecule has 6 heteroatoms. The van der Waals surface area contributed by atoms with Crippen LogP contribution in [0.4, 0.5) is 4.39 Å². The standard InChI is InChI=1S/C20H20FN3O2/c21-15-3-1-2-14(11-15)10-13-6-8-24(9-7-13)20(26)19-22-17-5-4-16(25)12-18(17)23-19/h1-5,11-13,25H,6-10H2,(H,22,23). The zero-order valence-electron chi connectivity index (χ0n) is 14.3. The van der Waals surface area contributed by atoms with Crippen LogP contribution in [-0.4, -0.2) is 39.0 Å². The molecule has 1 amide bonds. The number of benzene rings is 2. The molecular weight excluding hydrogens is 333 g/mol. The van der Waals surface area contributed by atoms with Crippen LogP contribution in [0.25, 0.3) is 11.0 Å². The van der Waals surface area contributed by atoms with E-state index in [-0.39, 0.29) is 17.5 Å². The Morgan fingerprint density at radius 3 is 2.81 bits per heavy atom. The van der Waals surface area contributed by atoms with Crippen LogP contribution in [0.5, 0.6) is 5.75 Å². The molecule has 1 fully saturated rings. The minimum Gasteiger partial charge on any atom is -0.508 e. The van der Waals surface area contributed by atoms with Crippen LogP contribution in [0, 0.1) is 11.7 Å². The Balaban J connectivity index is 1.39. The highest BCUT2D eigenvalue weighted by Gasteiger charge is 2.25. The van der Waals surface area contributed by atoms with Crippen molar-refractivity contribution in [2.75, 3.05) is 13.1 Å². The number of aromatic nitrogens is 2. The van der Waals surface area contributed by atoms with Crippen LogP contribution in [0.15, 0.2) is 42.5 Å². The number of phenolic OH excluding ortho intramolecular Hbond substituents is 1. The van der Waals surface area contributed by atoms with E-state index in [0.29, 0.717) is 35.9 Å². The quantitative estimate of drug-likeness (QED) is 0.757. The van der Waals surface area contributed by atoms with Gasteiger partial charge in [-0.3, -0.25) is 4.79 Å². The highest BCUT2D eigenvalue weighted by atomic mass is 19.1. The van der Waals surface area contributed by atoms with Crippen molar-refractivity contribution in [3.05, 3.63) is 59.7 Å². The molecule has 4 rings (SSSR count). The molecule has 2 aromatic carbocycles. The second-order valence-corrected chi connectivity index (χ2v) is 6.86. The second kappa shape index (κ2) is 6.78. The zero-order chi connectivity index (χ0) is 18.1. The van der Waals surface area contributed by atoms with E-state index in [1.807, 2.05) is 6.07 Å². The first-order chi connectivity index (χ1) is 12.6. The van der Waals surface area contributed by atoms with Crippen molar-refractivity contribution in [2.24, 2.45) is 5.92 Å². The number of aromatic amines is 1. The van der Waals surface area contributed by atoms with Gasteiger partial charge in [-0.1, -0.05) is 12.1 Å². The van der Waals surface area contributed by atoms with E-state index < -0.39 is 0 Å². The Labute approximate surface area is 150 Å². The van der Waals surface area contributed by atoms with Crippen LogP contribution < -0.4 is 0 Å². The fraction of sp³-hybridized carbons (Fsp3) is 0.300. The number of phenols is 1. The maximum Gasteiger partial charge on any atom is 0.289 e. The van der Waals surface area contributed by atoms with Crippen LogP contribution >= 0.6 is 0 Å². The van der Waals surface area contributed by atoms with Crippen LogP contribution in [0.3, 0.4) is 0 Å². The predicted molar refractivity (Wildman–Crippen MR) is 96.5 cm³/mol. The molecule has 1 aliphatic rings. The van der Waals surface area contributed by atoms with Gasteiger partial charge < -0.3 is 15.0 Å². The molecule has 1 aromatic heterocycles. The number of halogens is 1. The van der Waals surface area contributed by atoms with Gasteiger partial charge >= 0.3 is 0 Å². The fourth-order valence-electron chi connectivity index (χ4n) is 3.59. The molecule has 0 aliphatic carbocycles. The number of likely N-dealkylation sites (tertiary alicyclic amines) is 1. The van der Waals surface area contributed by atoms with Crippen molar-refractivity contribution >= 4 is 16.9 Å². The number of piperidine rings is 1. The Morgan fingerprint density at radius 1 is 1.23 bits per heavy atom. The highest BCUT2D eigenvalue weighted by molar-refractivity contribution is 5.94. The van der Waals surface area contributed by atoms with Crippen molar-refractivity contribution in [3.63, 3.8) is 0 Å². The summed E-state index contributed by atoms with van der Waals surface area (Å²) in [6.45, 7) is 1.34. The molecule has 1 saturated heterocycles. The Kier molecular flexibility index (Phi) is 4.32. The number of nitrogens with zero attached hydrogens (tertiary/aromatic N) is 2. The van der Waals surface area contributed by atoms with Gasteiger partial charge in [0.15, 0.2) is 5.82 Å². The third-order valence-electron chi connectivity index (χ3n) is 4.98. The van der Waals surface area contributed by atoms with Crippen molar-refractivity contribution in [2.45, 2.75) is 19.3 Å². The summed E-state index contributed by atoms with van der Waals surface area (Å²) >= 11 is 0. The Morgan fingerprint density at radius 2 is 2.04 bits per heavy atom. The number of fused-ring (bicyclic) bond motifs is 1. The third kappa shape index (κ3) is 3.40. The molecule has 134 valence electrons. The lowest BCUT2D eigenvalue weighted by molar-refractivity contribution is 0.0679. The molecular formula is C20H20FN3O2. The third-order valence-corrected chi connectivity index (χ3v) is 4.98. The summed E-state index contributed by atoms with van der Waals surface area (Å²) in [5.74, 6) is 0.567. The van der Waals surface area contributed by atoms with E-state index in [1.54, 1.807) is 35.2 Å². The lowest BCUT2D eigenvalue weighted by atomic mass is 9.90. The van der Waals surface area contributed by atoms with Gasteiger partial charge in [0.1, 0.15) is 11.6 Å². The van der Waals surface area contributed by atoms with Crippen molar-refractivity contribution in [1.29, 1.82) is 0 Å². The fourth-order valence-corrected chi connectivity index (χ4v) is 3.59. The molecule has 2 heterocycles. The van der Waals surface area contributed by atoms with E-state index in [2.05, 4.69) is 9.97 Å². The number of carbonyl (C=O) groups is 1. The number of carbonyl (C=O) groups excluding carboxylic acids is 1. The number of amides is 1. The number of hydrogen-bond donors (Lipinski definition) is 2. The summed E-state index contributed by atoms with van der Waals surface area (Å²) in [6, 6.07) is 11.5. The van der Waals surface area contributed by atoms with E-state index >= 15 is 0 Å². The molecule has 5 nitrogen and oxygen atoms in total. The normalized spacial score (nSPS) is 15.5. The lowest BCUT2D eigenvalue weighted by Gasteiger charge is -2.31. The number of H-pyrrole nitrogens is 1. The molecule has 3 aromatic rings. The van der Waals surface area contributed by atoms with Gasteiger partial charge in [-0.05, 0) is 55.0 Å². The van der Waals surface area contributed by atoms with Gasteiger partial charge in [-0.15, -0.1) is 0 Å². The molecule has 1 aliphatic heterocycles. The average molecular weight is 353 g/mol. The number of nitrogens with one attached hydrogen (secondary N) is 1. The first-order valence-electron chi connectivity index (χ1n) is 8.81. The van der Waals surface area contributed by atoms with Crippen molar-refractivity contribution in [1.82, 2.24) is 14.9 Å². The number of aromatic hydroxyl groups is 1. The lowest BCUT2D eigenvalue weighted by Crippen LogP contribution is -2.39. The number of hydrogen-bond acceptors (Lipinski definition) is 3. The number of rotatable bonds is 3. The largest absolute Gasteiger partial charge is 0.508 e. The maximum absolute atomic E-state index is 13.3. The molecule has 0 unspecified atom stereocenters. The van der Waals surface area contributed by atoms with Crippen LogP contribution in [0.1, 0.15) is 29.0 Å². The summed E-state index contributed by atoms with van der Waals surface area (Å²) in [4.78, 5) is 21.8. The minimum atomic E-state index is -0.203. The first kappa shape index (κ1) is 16.6. The van der Waals surface area contributed by atoms with Gasteiger partial charge in [0, 0.05) is 19.2 Å². The van der Waals surface area contributed by atoms with Gasteiger partial charge in [-0.2, -0.15) is 0 Å². The molecule has 0 spiro atoms. The molecule has 2 N–H and O–H groups in total. The molecule has 26 heavy (non-hydrogen) atoms. The maximum atomic E-state index is 13.3. The molecule has 0 saturated carbocycles. The van der Waals surface area contributed by atoms with Crippen molar-refractivity contribution in [3.8, 4) is 5.75 Å². The van der Waals surface area contributed by atoms with Crippen LogP contribution in [-0.2, 0) is 6.42 Å². The van der Waals surface area contributed by atoms with Gasteiger partial charge in [-0.25, -0.2) is 9.37 Å². The monoisotopic (exact) mass is 353 g/mol. The minimum absolute atomic E-state index is 0.120.